The molecule has 1 aromatic heterocycles. The fourth-order valence-electron chi connectivity index (χ4n) is 2.99. The Labute approximate surface area is 167 Å². The van der Waals surface area contributed by atoms with E-state index in [4.69, 9.17) is 0 Å². The van der Waals surface area contributed by atoms with E-state index in [1.165, 1.54) is 12.8 Å². The molecule has 1 aliphatic heterocycles. The van der Waals surface area contributed by atoms with Gasteiger partial charge in [-0.05, 0) is 36.1 Å². The Hall–Kier alpha value is -2.81. The second-order valence-corrected chi connectivity index (χ2v) is 6.83. The zero-order valence-corrected chi connectivity index (χ0v) is 15.8. The van der Waals surface area contributed by atoms with Gasteiger partial charge in [0.2, 0.25) is 0 Å². The lowest BCUT2D eigenvalue weighted by molar-refractivity contribution is -0.176. The third kappa shape index (κ3) is 6.94. The van der Waals surface area contributed by atoms with E-state index in [9.17, 15) is 18.0 Å². The number of hydrogen-bond donors (Lipinski definition) is 2. The molecule has 2 aromatic rings. The Morgan fingerprint density at radius 3 is 2.38 bits per heavy atom. The van der Waals surface area contributed by atoms with Crippen molar-refractivity contribution in [2.45, 2.75) is 32.2 Å². The fraction of sp³-hybridized carbons (Fsp3) is 0.400. The molecule has 29 heavy (non-hydrogen) atoms. The first-order valence-electron chi connectivity index (χ1n) is 9.37. The van der Waals surface area contributed by atoms with Crippen LogP contribution in [0.15, 0.2) is 42.6 Å². The zero-order valence-electron chi connectivity index (χ0n) is 15.8. The molecule has 3 rings (SSSR count). The van der Waals surface area contributed by atoms with Gasteiger partial charge >= 0.3 is 12.2 Å². The standard InChI is InChI=1S/C20H23F3N4O2/c21-20(22,23)14-29-13-16-5-3-15(4-6-16)11-25-19(28)26-17-7-8-18(24-12-17)27-9-1-2-10-27/h3-8,12H,1-2,9-11,13-14H2,(H2,25,26,28). The molecule has 2 heterocycles. The van der Waals surface area contributed by atoms with Crippen molar-refractivity contribution < 1.29 is 22.7 Å². The largest absolute Gasteiger partial charge is 0.411 e. The van der Waals surface area contributed by atoms with Gasteiger partial charge in [-0.2, -0.15) is 13.2 Å². The molecule has 1 saturated heterocycles. The van der Waals surface area contributed by atoms with Crippen LogP contribution < -0.4 is 15.5 Å². The summed E-state index contributed by atoms with van der Waals surface area (Å²) in [7, 11) is 0. The number of nitrogens with one attached hydrogen (secondary N) is 2. The Morgan fingerprint density at radius 2 is 1.76 bits per heavy atom. The molecule has 0 bridgehead atoms. The Bertz CT molecular complexity index is 789. The molecular weight excluding hydrogens is 385 g/mol. The van der Waals surface area contributed by atoms with Gasteiger partial charge in [-0.1, -0.05) is 24.3 Å². The number of rotatable bonds is 7. The van der Waals surface area contributed by atoms with Gasteiger partial charge in [-0.25, -0.2) is 9.78 Å². The van der Waals surface area contributed by atoms with E-state index in [0.717, 1.165) is 24.5 Å². The fourth-order valence-corrected chi connectivity index (χ4v) is 2.99. The summed E-state index contributed by atoms with van der Waals surface area (Å²) in [5.74, 6) is 0.910. The van der Waals surface area contributed by atoms with Gasteiger partial charge in [0.25, 0.3) is 0 Å². The van der Waals surface area contributed by atoms with Crippen LogP contribution in [0.3, 0.4) is 0 Å². The van der Waals surface area contributed by atoms with Gasteiger partial charge in [-0.15, -0.1) is 0 Å². The molecule has 156 valence electrons. The highest BCUT2D eigenvalue weighted by Gasteiger charge is 2.27. The van der Waals surface area contributed by atoms with Crippen molar-refractivity contribution in [1.82, 2.24) is 10.3 Å². The zero-order chi connectivity index (χ0) is 20.7. The third-order valence-electron chi connectivity index (χ3n) is 4.45. The maximum absolute atomic E-state index is 12.1. The molecule has 0 radical (unpaired) electrons. The van der Waals surface area contributed by atoms with Crippen molar-refractivity contribution in [3.05, 3.63) is 53.7 Å². The molecule has 0 unspecified atom stereocenters. The molecule has 1 aromatic carbocycles. The van der Waals surface area contributed by atoms with Gasteiger partial charge in [-0.3, -0.25) is 0 Å². The number of halogens is 3. The van der Waals surface area contributed by atoms with E-state index in [1.807, 2.05) is 12.1 Å². The van der Waals surface area contributed by atoms with Gasteiger partial charge in [0.15, 0.2) is 0 Å². The van der Waals surface area contributed by atoms with E-state index < -0.39 is 12.8 Å². The van der Waals surface area contributed by atoms with Crippen molar-refractivity contribution in [1.29, 1.82) is 0 Å². The molecule has 0 saturated carbocycles. The minimum absolute atomic E-state index is 0.117. The number of carbonyl (C=O) groups excluding carboxylic acids is 1. The second-order valence-electron chi connectivity index (χ2n) is 6.83. The van der Waals surface area contributed by atoms with Crippen LogP contribution in [0, 0.1) is 0 Å². The average molecular weight is 408 g/mol. The summed E-state index contributed by atoms with van der Waals surface area (Å²) < 4.78 is 40.8. The summed E-state index contributed by atoms with van der Waals surface area (Å²) in [6.45, 7) is 0.911. The van der Waals surface area contributed by atoms with E-state index in [2.05, 4.69) is 25.3 Å². The molecule has 6 nitrogen and oxygen atoms in total. The van der Waals surface area contributed by atoms with E-state index in [-0.39, 0.29) is 19.2 Å². The van der Waals surface area contributed by atoms with Crippen LogP contribution in [0.25, 0.3) is 0 Å². The quantitative estimate of drug-likeness (QED) is 0.725. The first-order valence-corrected chi connectivity index (χ1v) is 9.37. The van der Waals surface area contributed by atoms with Gasteiger partial charge < -0.3 is 20.3 Å². The van der Waals surface area contributed by atoms with E-state index in [1.54, 1.807) is 30.5 Å². The number of aromatic nitrogens is 1. The normalized spacial score (nSPS) is 14.1. The van der Waals surface area contributed by atoms with Crippen LogP contribution in [-0.4, -0.2) is 36.9 Å². The number of anilines is 2. The van der Waals surface area contributed by atoms with E-state index in [0.29, 0.717) is 11.3 Å². The highest BCUT2D eigenvalue weighted by atomic mass is 19.4. The highest BCUT2D eigenvalue weighted by molar-refractivity contribution is 5.89. The summed E-state index contributed by atoms with van der Waals surface area (Å²) in [5, 5.41) is 5.46. The highest BCUT2D eigenvalue weighted by Crippen LogP contribution is 2.19. The number of pyridine rings is 1. The third-order valence-corrected chi connectivity index (χ3v) is 4.45. The van der Waals surface area contributed by atoms with Gasteiger partial charge in [0.1, 0.15) is 12.4 Å². The maximum Gasteiger partial charge on any atom is 0.411 e. The number of nitrogens with zero attached hydrogens (tertiary/aromatic N) is 2. The molecule has 0 atom stereocenters. The minimum Gasteiger partial charge on any atom is -0.367 e. The lowest BCUT2D eigenvalue weighted by Gasteiger charge is -2.16. The number of urea groups is 1. The average Bonchev–Trinajstić information content (AvgIpc) is 3.22. The first-order chi connectivity index (χ1) is 13.9. The summed E-state index contributed by atoms with van der Waals surface area (Å²) in [5.41, 5.74) is 2.05. The van der Waals surface area contributed by atoms with Crippen molar-refractivity contribution in [3.8, 4) is 0 Å². The number of ether oxygens (including phenoxy) is 1. The molecule has 9 heteroatoms. The summed E-state index contributed by atoms with van der Waals surface area (Å²) in [4.78, 5) is 18.6. The number of alkyl halides is 3. The lowest BCUT2D eigenvalue weighted by Crippen LogP contribution is -2.28. The Morgan fingerprint density at radius 1 is 1.07 bits per heavy atom. The van der Waals surface area contributed by atoms with Crippen LogP contribution in [-0.2, 0) is 17.9 Å². The van der Waals surface area contributed by atoms with Crippen LogP contribution in [0.2, 0.25) is 0 Å². The second kappa shape index (κ2) is 9.60. The minimum atomic E-state index is -4.33. The van der Waals surface area contributed by atoms with Crippen LogP contribution in [0.1, 0.15) is 24.0 Å². The molecule has 1 aliphatic rings. The monoisotopic (exact) mass is 408 g/mol. The Kier molecular flexibility index (Phi) is 6.92. The smallest absolute Gasteiger partial charge is 0.367 e. The SMILES string of the molecule is O=C(NCc1ccc(COCC(F)(F)F)cc1)Nc1ccc(N2CCCC2)nc1. The van der Waals surface area contributed by atoms with Crippen molar-refractivity contribution in [2.75, 3.05) is 29.9 Å². The van der Waals surface area contributed by atoms with Crippen molar-refractivity contribution in [3.63, 3.8) is 0 Å². The summed E-state index contributed by atoms with van der Waals surface area (Å²) in [6.07, 6.45) is -0.360. The maximum atomic E-state index is 12.1. The molecule has 1 fully saturated rings. The predicted octanol–water partition coefficient (Wildman–Crippen LogP) is 4.08. The van der Waals surface area contributed by atoms with Crippen LogP contribution >= 0.6 is 0 Å². The topological polar surface area (TPSA) is 66.5 Å². The molecule has 2 amide bonds. The van der Waals surface area contributed by atoms with Crippen LogP contribution in [0.5, 0.6) is 0 Å². The van der Waals surface area contributed by atoms with E-state index >= 15 is 0 Å². The number of carbonyl (C=O) groups is 1. The van der Waals surface area contributed by atoms with Gasteiger partial charge in [0, 0.05) is 19.6 Å². The number of amides is 2. The molecule has 2 N–H and O–H groups in total. The number of hydrogen-bond acceptors (Lipinski definition) is 4. The van der Waals surface area contributed by atoms with Crippen molar-refractivity contribution >= 4 is 17.5 Å². The molecule has 0 aliphatic carbocycles. The first kappa shape index (κ1) is 20.9. The molecule has 0 spiro atoms. The summed E-state index contributed by atoms with van der Waals surface area (Å²) >= 11 is 0. The molecular formula is C20H23F3N4O2. The predicted molar refractivity (Wildman–Crippen MR) is 104 cm³/mol. The van der Waals surface area contributed by atoms with Crippen molar-refractivity contribution in [2.24, 2.45) is 0 Å². The number of benzene rings is 1. The van der Waals surface area contributed by atoms with Crippen LogP contribution in [0.4, 0.5) is 29.5 Å². The Balaban J connectivity index is 1.40. The summed E-state index contributed by atoms with van der Waals surface area (Å²) in [6, 6.07) is 10.2. The van der Waals surface area contributed by atoms with Gasteiger partial charge in [0.05, 0.1) is 18.5 Å². The lowest BCUT2D eigenvalue weighted by atomic mass is 10.1.